The van der Waals surface area contributed by atoms with E-state index in [4.69, 9.17) is 39.9 Å². The van der Waals surface area contributed by atoms with Crippen LogP contribution in [0.4, 0.5) is 4.79 Å². The molecule has 0 aromatic heterocycles. The zero-order valence-electron chi connectivity index (χ0n) is 7.65. The second kappa shape index (κ2) is 4.65. The standard InChI is InChI=1S/C7H6Cl3NO5/c8-7(9,10)5(16-6(14)15)11-3(12)1-2-4(11)13/h5H,1-2H2,(H,14,15). The topological polar surface area (TPSA) is 83.9 Å². The first-order chi connectivity index (χ1) is 7.23. The van der Waals surface area contributed by atoms with Crippen molar-refractivity contribution in [1.82, 2.24) is 4.90 Å². The average Bonchev–Trinajstić information content (AvgIpc) is 2.41. The number of hydrogen-bond acceptors (Lipinski definition) is 4. The summed E-state index contributed by atoms with van der Waals surface area (Å²) in [6.45, 7) is 0. The van der Waals surface area contributed by atoms with Crippen LogP contribution in [0.15, 0.2) is 0 Å². The number of alkyl halides is 3. The molecule has 0 spiro atoms. The molecule has 0 aliphatic carbocycles. The molecule has 0 aromatic carbocycles. The van der Waals surface area contributed by atoms with Crippen molar-refractivity contribution in [2.75, 3.05) is 0 Å². The molecule has 0 radical (unpaired) electrons. The van der Waals surface area contributed by atoms with Crippen LogP contribution in [0.5, 0.6) is 0 Å². The molecule has 0 saturated carbocycles. The molecule has 9 heteroatoms. The van der Waals surface area contributed by atoms with Gasteiger partial charge in [-0.15, -0.1) is 0 Å². The van der Waals surface area contributed by atoms with Crippen molar-refractivity contribution in [3.63, 3.8) is 0 Å². The highest BCUT2D eigenvalue weighted by atomic mass is 35.6. The van der Waals surface area contributed by atoms with Crippen molar-refractivity contribution in [2.24, 2.45) is 0 Å². The van der Waals surface area contributed by atoms with Gasteiger partial charge in [-0.05, 0) is 0 Å². The molecule has 2 amide bonds. The second-order valence-corrected chi connectivity index (χ2v) is 5.30. The van der Waals surface area contributed by atoms with E-state index in [2.05, 4.69) is 4.74 Å². The van der Waals surface area contributed by atoms with Crippen LogP contribution < -0.4 is 0 Å². The Bertz CT molecular complexity index is 323. The summed E-state index contributed by atoms with van der Waals surface area (Å²) in [6, 6.07) is 0. The molecule has 0 bridgehead atoms. The Morgan fingerprint density at radius 3 is 2.06 bits per heavy atom. The summed E-state index contributed by atoms with van der Waals surface area (Å²) in [4.78, 5) is 33.5. The van der Waals surface area contributed by atoms with Gasteiger partial charge in [-0.3, -0.25) is 9.59 Å². The van der Waals surface area contributed by atoms with Gasteiger partial charge in [0.15, 0.2) is 0 Å². The highest BCUT2D eigenvalue weighted by Crippen LogP contribution is 2.36. The molecule has 1 aliphatic heterocycles. The van der Waals surface area contributed by atoms with E-state index >= 15 is 0 Å². The van der Waals surface area contributed by atoms with E-state index in [0.717, 1.165) is 0 Å². The predicted octanol–water partition coefficient (Wildman–Crippen LogP) is 1.53. The molecule has 1 saturated heterocycles. The van der Waals surface area contributed by atoms with E-state index < -0.39 is 28.0 Å². The number of likely N-dealkylation sites (tertiary alicyclic amines) is 1. The number of nitrogens with zero attached hydrogens (tertiary/aromatic N) is 1. The van der Waals surface area contributed by atoms with E-state index in [0.29, 0.717) is 4.90 Å². The second-order valence-electron chi connectivity index (χ2n) is 2.94. The van der Waals surface area contributed by atoms with Crippen LogP contribution >= 0.6 is 34.8 Å². The SMILES string of the molecule is O=C(O)OC(N1C(=O)CCC1=O)C(Cl)(Cl)Cl. The number of carboxylic acid groups (broad SMARTS) is 1. The maximum atomic E-state index is 11.3. The molecular formula is C7H6Cl3NO5. The van der Waals surface area contributed by atoms with Crippen LogP contribution in [0.2, 0.25) is 0 Å². The van der Waals surface area contributed by atoms with Gasteiger partial charge >= 0.3 is 6.16 Å². The van der Waals surface area contributed by atoms with Crippen molar-refractivity contribution < 1.29 is 24.2 Å². The van der Waals surface area contributed by atoms with Crippen LogP contribution in [0, 0.1) is 0 Å². The van der Waals surface area contributed by atoms with Crippen molar-refractivity contribution in [1.29, 1.82) is 0 Å². The number of amides is 2. The van der Waals surface area contributed by atoms with E-state index in [1.165, 1.54) is 0 Å². The summed E-state index contributed by atoms with van der Waals surface area (Å²) in [6.07, 6.45) is -3.63. The molecule has 16 heavy (non-hydrogen) atoms. The first-order valence-corrected chi connectivity index (χ1v) is 5.18. The zero-order valence-corrected chi connectivity index (χ0v) is 9.92. The lowest BCUT2D eigenvalue weighted by atomic mass is 10.4. The van der Waals surface area contributed by atoms with Crippen LogP contribution in [0.3, 0.4) is 0 Å². The number of carbonyl (C=O) groups is 3. The number of imide groups is 1. The summed E-state index contributed by atoms with van der Waals surface area (Å²) < 4.78 is 2.02. The van der Waals surface area contributed by atoms with Crippen LogP contribution in [-0.2, 0) is 14.3 Å². The molecule has 90 valence electrons. The van der Waals surface area contributed by atoms with E-state index in [1.807, 2.05) is 0 Å². The summed E-state index contributed by atoms with van der Waals surface area (Å²) in [7, 11) is 0. The Hall–Kier alpha value is -0.720. The summed E-state index contributed by atoms with van der Waals surface area (Å²) >= 11 is 16.4. The van der Waals surface area contributed by atoms with Gasteiger partial charge < -0.3 is 9.84 Å². The van der Waals surface area contributed by atoms with E-state index in [1.54, 1.807) is 0 Å². The molecule has 1 aliphatic rings. The molecular weight excluding hydrogens is 284 g/mol. The third kappa shape index (κ3) is 2.90. The maximum absolute atomic E-state index is 11.3. The van der Waals surface area contributed by atoms with E-state index in [-0.39, 0.29) is 12.8 Å². The molecule has 6 nitrogen and oxygen atoms in total. The Morgan fingerprint density at radius 1 is 1.31 bits per heavy atom. The number of hydrogen-bond donors (Lipinski definition) is 1. The molecule has 1 fully saturated rings. The summed E-state index contributed by atoms with van der Waals surface area (Å²) in [5, 5.41) is 8.43. The van der Waals surface area contributed by atoms with Gasteiger partial charge in [0.1, 0.15) is 0 Å². The number of rotatable bonds is 2. The fourth-order valence-corrected chi connectivity index (χ4v) is 1.64. The minimum Gasteiger partial charge on any atom is -0.450 e. The van der Waals surface area contributed by atoms with Crippen molar-refractivity contribution in [3.05, 3.63) is 0 Å². The predicted molar refractivity (Wildman–Crippen MR) is 54.3 cm³/mol. The first-order valence-electron chi connectivity index (χ1n) is 4.04. The summed E-state index contributed by atoms with van der Waals surface area (Å²) in [5.74, 6) is -1.27. The van der Waals surface area contributed by atoms with Crippen LogP contribution in [0.1, 0.15) is 12.8 Å². The van der Waals surface area contributed by atoms with Crippen molar-refractivity contribution in [3.8, 4) is 0 Å². The van der Waals surface area contributed by atoms with Crippen LogP contribution in [-0.4, -0.2) is 38.0 Å². The lowest BCUT2D eigenvalue weighted by molar-refractivity contribution is -0.150. The lowest BCUT2D eigenvalue weighted by Crippen LogP contribution is -2.49. The van der Waals surface area contributed by atoms with Gasteiger partial charge in [0.05, 0.1) is 0 Å². The highest BCUT2D eigenvalue weighted by molar-refractivity contribution is 6.68. The Labute approximate surface area is 105 Å². The first kappa shape index (κ1) is 13.3. The van der Waals surface area contributed by atoms with Crippen LogP contribution in [0.25, 0.3) is 0 Å². The molecule has 1 unspecified atom stereocenters. The Morgan fingerprint density at radius 2 is 1.75 bits per heavy atom. The monoisotopic (exact) mass is 289 g/mol. The number of ether oxygens (including phenoxy) is 1. The van der Waals surface area contributed by atoms with Gasteiger partial charge in [-0.25, -0.2) is 9.69 Å². The largest absolute Gasteiger partial charge is 0.507 e. The minimum atomic E-state index is -2.23. The lowest BCUT2D eigenvalue weighted by Gasteiger charge is -2.29. The fraction of sp³-hybridized carbons (Fsp3) is 0.571. The summed E-state index contributed by atoms with van der Waals surface area (Å²) in [5.41, 5.74) is 0. The molecule has 1 atom stereocenters. The number of carbonyl (C=O) groups excluding carboxylic acids is 2. The van der Waals surface area contributed by atoms with Crippen molar-refractivity contribution >= 4 is 52.8 Å². The molecule has 0 aromatic rings. The number of halogens is 3. The Balaban J connectivity index is 2.96. The maximum Gasteiger partial charge on any atom is 0.507 e. The average molecular weight is 290 g/mol. The normalized spacial score (nSPS) is 18.8. The smallest absolute Gasteiger partial charge is 0.450 e. The van der Waals surface area contributed by atoms with Gasteiger partial charge in [-0.2, -0.15) is 0 Å². The third-order valence-corrected chi connectivity index (χ3v) is 2.38. The fourth-order valence-electron chi connectivity index (χ4n) is 1.22. The molecule has 1 N–H and O–H groups in total. The van der Waals surface area contributed by atoms with Crippen molar-refractivity contribution in [2.45, 2.75) is 22.9 Å². The van der Waals surface area contributed by atoms with Gasteiger partial charge in [-0.1, -0.05) is 34.8 Å². The van der Waals surface area contributed by atoms with Gasteiger partial charge in [0.25, 0.3) is 0 Å². The van der Waals surface area contributed by atoms with E-state index in [9.17, 15) is 14.4 Å². The molecule has 1 rings (SSSR count). The quantitative estimate of drug-likeness (QED) is 0.473. The highest BCUT2D eigenvalue weighted by Gasteiger charge is 2.48. The Kier molecular flexibility index (Phi) is 3.88. The minimum absolute atomic E-state index is 0.0565. The molecule has 1 heterocycles. The van der Waals surface area contributed by atoms with Gasteiger partial charge in [0, 0.05) is 12.8 Å². The zero-order chi connectivity index (χ0) is 12.5. The third-order valence-electron chi connectivity index (χ3n) is 1.82. The van der Waals surface area contributed by atoms with Gasteiger partial charge in [0.2, 0.25) is 21.8 Å².